The molecule has 0 heterocycles. The summed E-state index contributed by atoms with van der Waals surface area (Å²) < 4.78 is 10.5. The van der Waals surface area contributed by atoms with Crippen LogP contribution in [0.3, 0.4) is 0 Å². The Kier molecular flexibility index (Phi) is 5.64. The number of methoxy groups -OCH3 is 1. The highest BCUT2D eigenvalue weighted by Crippen LogP contribution is 2.24. The second kappa shape index (κ2) is 7.49. The zero-order chi connectivity index (χ0) is 17.0. The van der Waals surface area contributed by atoms with Crippen molar-refractivity contribution >= 4 is 35.0 Å². The molecule has 23 heavy (non-hydrogen) atoms. The Balaban J connectivity index is 2.16. The van der Waals surface area contributed by atoms with E-state index in [4.69, 9.17) is 32.7 Å². The van der Waals surface area contributed by atoms with Gasteiger partial charge in [-0.25, -0.2) is 4.79 Å². The lowest BCUT2D eigenvalue weighted by Crippen LogP contribution is -2.07. The minimum Gasteiger partial charge on any atom is -0.496 e. The van der Waals surface area contributed by atoms with E-state index in [1.807, 2.05) is 0 Å². The summed E-state index contributed by atoms with van der Waals surface area (Å²) in [5.41, 5.74) is 1.42. The van der Waals surface area contributed by atoms with Gasteiger partial charge in [-0.3, -0.25) is 4.79 Å². The smallest absolute Gasteiger partial charge is 0.338 e. The van der Waals surface area contributed by atoms with E-state index in [1.165, 1.54) is 32.2 Å². The molecule has 0 aromatic heterocycles. The van der Waals surface area contributed by atoms with Gasteiger partial charge in [-0.2, -0.15) is 0 Å². The lowest BCUT2D eigenvalue weighted by molar-refractivity contribution is 0.0470. The van der Waals surface area contributed by atoms with Crippen molar-refractivity contribution in [2.75, 3.05) is 7.11 Å². The van der Waals surface area contributed by atoms with Crippen LogP contribution in [0.4, 0.5) is 0 Å². The Morgan fingerprint density at radius 3 is 2.30 bits per heavy atom. The highest BCUT2D eigenvalue weighted by Gasteiger charge is 2.13. The minimum atomic E-state index is -0.543. The van der Waals surface area contributed by atoms with Crippen molar-refractivity contribution in [3.05, 3.63) is 63.1 Å². The van der Waals surface area contributed by atoms with Crippen LogP contribution in [0.1, 0.15) is 33.2 Å². The first-order chi connectivity index (χ1) is 10.9. The van der Waals surface area contributed by atoms with Gasteiger partial charge in [0.15, 0.2) is 5.78 Å². The molecule has 0 bridgehead atoms. The van der Waals surface area contributed by atoms with Crippen LogP contribution in [-0.2, 0) is 11.3 Å². The molecule has 2 aromatic carbocycles. The van der Waals surface area contributed by atoms with Crippen LogP contribution in [-0.4, -0.2) is 18.9 Å². The monoisotopic (exact) mass is 352 g/mol. The normalized spacial score (nSPS) is 10.3. The van der Waals surface area contributed by atoms with Crippen LogP contribution in [0.25, 0.3) is 0 Å². The number of hydrogen-bond acceptors (Lipinski definition) is 4. The SMILES string of the molecule is COc1ccc(C(C)=O)cc1COC(=O)c1ccc(Cl)c(Cl)c1. The van der Waals surface area contributed by atoms with Gasteiger partial charge in [-0.15, -0.1) is 0 Å². The maximum atomic E-state index is 12.1. The highest BCUT2D eigenvalue weighted by atomic mass is 35.5. The molecule has 0 aliphatic heterocycles. The number of Topliss-reactive ketones (excluding diaryl/α,β-unsaturated/α-hetero) is 1. The summed E-state index contributed by atoms with van der Waals surface area (Å²) >= 11 is 11.7. The molecular weight excluding hydrogens is 339 g/mol. The number of esters is 1. The maximum absolute atomic E-state index is 12.1. The van der Waals surface area contributed by atoms with Crippen molar-refractivity contribution in [3.63, 3.8) is 0 Å². The van der Waals surface area contributed by atoms with Gasteiger partial charge in [0.05, 0.1) is 22.7 Å². The van der Waals surface area contributed by atoms with Crippen LogP contribution in [0.15, 0.2) is 36.4 Å². The molecule has 0 saturated heterocycles. The minimum absolute atomic E-state index is 0.0244. The van der Waals surface area contributed by atoms with E-state index >= 15 is 0 Å². The molecule has 0 aliphatic rings. The van der Waals surface area contributed by atoms with E-state index in [1.54, 1.807) is 18.2 Å². The number of halogens is 2. The van der Waals surface area contributed by atoms with Gasteiger partial charge in [0, 0.05) is 11.1 Å². The van der Waals surface area contributed by atoms with Gasteiger partial charge >= 0.3 is 5.97 Å². The Bertz CT molecular complexity index is 756. The van der Waals surface area contributed by atoms with E-state index in [0.29, 0.717) is 27.5 Å². The summed E-state index contributed by atoms with van der Waals surface area (Å²) in [4.78, 5) is 23.5. The van der Waals surface area contributed by atoms with Crippen molar-refractivity contribution in [1.29, 1.82) is 0 Å². The van der Waals surface area contributed by atoms with Gasteiger partial charge in [-0.1, -0.05) is 23.2 Å². The zero-order valence-electron chi connectivity index (χ0n) is 12.6. The molecule has 0 unspecified atom stereocenters. The largest absolute Gasteiger partial charge is 0.496 e. The Morgan fingerprint density at radius 1 is 1.00 bits per heavy atom. The third-order valence-electron chi connectivity index (χ3n) is 3.20. The van der Waals surface area contributed by atoms with Crippen molar-refractivity contribution in [2.45, 2.75) is 13.5 Å². The number of carbonyl (C=O) groups excluding carboxylic acids is 2. The number of rotatable bonds is 5. The standard InChI is InChI=1S/C17H14Cl2O4/c1-10(20)11-4-6-16(22-2)13(7-11)9-23-17(21)12-3-5-14(18)15(19)8-12/h3-8H,9H2,1-2H3. The molecule has 0 fully saturated rings. The molecule has 0 radical (unpaired) electrons. The predicted molar refractivity (Wildman–Crippen MR) is 88.6 cm³/mol. The van der Waals surface area contributed by atoms with Crippen LogP contribution < -0.4 is 4.74 Å². The molecule has 2 aromatic rings. The average molecular weight is 353 g/mol. The van der Waals surface area contributed by atoms with Crippen LogP contribution in [0.2, 0.25) is 10.0 Å². The molecule has 4 nitrogen and oxygen atoms in total. The first kappa shape index (κ1) is 17.3. The fourth-order valence-electron chi connectivity index (χ4n) is 1.96. The molecule has 2 rings (SSSR count). The molecule has 0 aliphatic carbocycles. The van der Waals surface area contributed by atoms with E-state index in [9.17, 15) is 9.59 Å². The van der Waals surface area contributed by atoms with Crippen molar-refractivity contribution in [1.82, 2.24) is 0 Å². The van der Waals surface area contributed by atoms with Gasteiger partial charge < -0.3 is 9.47 Å². The van der Waals surface area contributed by atoms with E-state index in [-0.39, 0.29) is 17.4 Å². The third-order valence-corrected chi connectivity index (χ3v) is 3.94. The summed E-state index contributed by atoms with van der Waals surface area (Å²) in [7, 11) is 1.51. The molecular formula is C17H14Cl2O4. The van der Waals surface area contributed by atoms with Crippen LogP contribution in [0.5, 0.6) is 5.75 Å². The average Bonchev–Trinajstić information content (AvgIpc) is 2.54. The first-order valence-corrected chi connectivity index (χ1v) is 7.48. The first-order valence-electron chi connectivity index (χ1n) is 6.72. The topological polar surface area (TPSA) is 52.6 Å². The van der Waals surface area contributed by atoms with Gasteiger partial charge in [0.1, 0.15) is 12.4 Å². The lowest BCUT2D eigenvalue weighted by Gasteiger charge is -2.11. The predicted octanol–water partition coefficient (Wildman–Crippen LogP) is 4.56. The maximum Gasteiger partial charge on any atom is 0.338 e. The van der Waals surface area contributed by atoms with E-state index in [0.717, 1.165) is 0 Å². The number of benzene rings is 2. The molecule has 0 amide bonds. The summed E-state index contributed by atoms with van der Waals surface area (Å²) in [5, 5.41) is 0.635. The molecule has 0 spiro atoms. The van der Waals surface area contributed by atoms with E-state index < -0.39 is 5.97 Å². The Labute approximate surface area is 143 Å². The van der Waals surface area contributed by atoms with Gasteiger partial charge in [0.2, 0.25) is 0 Å². The Morgan fingerprint density at radius 2 is 1.70 bits per heavy atom. The second-order valence-corrected chi connectivity index (χ2v) is 5.60. The van der Waals surface area contributed by atoms with Crippen LogP contribution >= 0.6 is 23.2 Å². The Hall–Kier alpha value is -2.04. The number of hydrogen-bond donors (Lipinski definition) is 0. The molecule has 0 saturated carbocycles. The zero-order valence-corrected chi connectivity index (χ0v) is 14.1. The van der Waals surface area contributed by atoms with Crippen molar-refractivity contribution < 1.29 is 19.1 Å². The summed E-state index contributed by atoms with van der Waals surface area (Å²) in [6.45, 7) is 1.44. The van der Waals surface area contributed by atoms with Gasteiger partial charge in [0.25, 0.3) is 0 Å². The lowest BCUT2D eigenvalue weighted by atomic mass is 10.1. The van der Waals surface area contributed by atoms with Crippen molar-refractivity contribution in [2.24, 2.45) is 0 Å². The van der Waals surface area contributed by atoms with Gasteiger partial charge in [-0.05, 0) is 43.3 Å². The quantitative estimate of drug-likeness (QED) is 0.584. The fourth-order valence-corrected chi connectivity index (χ4v) is 2.26. The number of ketones is 1. The molecule has 0 atom stereocenters. The summed E-state index contributed by atoms with van der Waals surface area (Å²) in [5.74, 6) is -0.0829. The molecule has 120 valence electrons. The second-order valence-electron chi connectivity index (χ2n) is 4.79. The van der Waals surface area contributed by atoms with E-state index in [2.05, 4.69) is 0 Å². The fraction of sp³-hybridized carbons (Fsp3) is 0.176. The van der Waals surface area contributed by atoms with Crippen molar-refractivity contribution in [3.8, 4) is 5.75 Å². The number of carbonyl (C=O) groups is 2. The highest BCUT2D eigenvalue weighted by molar-refractivity contribution is 6.42. The summed E-state index contributed by atoms with van der Waals surface area (Å²) in [6, 6.07) is 9.46. The summed E-state index contributed by atoms with van der Waals surface area (Å²) in [6.07, 6.45) is 0. The third kappa shape index (κ3) is 4.24. The molecule has 6 heteroatoms. The molecule has 0 N–H and O–H groups in total. The number of ether oxygens (including phenoxy) is 2. The van der Waals surface area contributed by atoms with Crippen LogP contribution in [0, 0.1) is 0 Å².